The highest BCUT2D eigenvalue weighted by atomic mass is 32.2. The number of thioether (sulfide) groups is 1. The van der Waals surface area contributed by atoms with E-state index in [9.17, 15) is 4.79 Å². The lowest BCUT2D eigenvalue weighted by molar-refractivity contribution is -0.138. The molecule has 2 aromatic rings. The van der Waals surface area contributed by atoms with Crippen molar-refractivity contribution >= 4 is 17.7 Å². The lowest BCUT2D eigenvalue weighted by atomic mass is 10.2. The summed E-state index contributed by atoms with van der Waals surface area (Å²) in [6.45, 7) is 0.498. The molecule has 1 heterocycles. The zero-order valence-electron chi connectivity index (χ0n) is 11.9. The van der Waals surface area contributed by atoms with Crippen molar-refractivity contribution in [3.63, 3.8) is 0 Å². The third-order valence-electron chi connectivity index (χ3n) is 3.52. The van der Waals surface area contributed by atoms with Crippen LogP contribution in [-0.2, 0) is 11.4 Å². The minimum atomic E-state index is -0.808. The highest BCUT2D eigenvalue weighted by Crippen LogP contribution is 2.37. The van der Waals surface area contributed by atoms with Crippen molar-refractivity contribution in [1.82, 2.24) is 5.32 Å². The number of hydrogen-bond acceptors (Lipinski definition) is 4. The SMILES string of the molecule is O=C(O)[C@@H]1CSC(c2ccccc2OCc2ccccc2)N1. The first-order valence-corrected chi connectivity index (χ1v) is 8.15. The van der Waals surface area contributed by atoms with Crippen LogP contribution in [0.5, 0.6) is 5.75 Å². The second kappa shape index (κ2) is 6.85. The molecule has 114 valence electrons. The zero-order valence-corrected chi connectivity index (χ0v) is 12.8. The van der Waals surface area contributed by atoms with Crippen molar-refractivity contribution in [2.75, 3.05) is 5.75 Å². The van der Waals surface area contributed by atoms with Gasteiger partial charge in [0.1, 0.15) is 18.4 Å². The molecule has 5 heteroatoms. The molecule has 2 aromatic carbocycles. The quantitative estimate of drug-likeness (QED) is 0.888. The van der Waals surface area contributed by atoms with E-state index in [1.54, 1.807) is 11.8 Å². The van der Waals surface area contributed by atoms with E-state index >= 15 is 0 Å². The molecule has 0 aliphatic carbocycles. The van der Waals surface area contributed by atoms with Crippen LogP contribution in [0.3, 0.4) is 0 Å². The number of carboxylic acid groups (broad SMARTS) is 1. The molecule has 0 aromatic heterocycles. The molecule has 2 N–H and O–H groups in total. The predicted molar refractivity (Wildman–Crippen MR) is 87.0 cm³/mol. The van der Waals surface area contributed by atoms with Gasteiger partial charge in [0.15, 0.2) is 0 Å². The van der Waals surface area contributed by atoms with Crippen molar-refractivity contribution in [3.8, 4) is 5.75 Å². The second-order valence-electron chi connectivity index (χ2n) is 5.08. The number of para-hydroxylation sites is 1. The summed E-state index contributed by atoms with van der Waals surface area (Å²) in [4.78, 5) is 11.1. The molecular weight excluding hydrogens is 298 g/mol. The standard InChI is InChI=1S/C17H17NO3S/c19-17(20)14-11-22-16(18-14)13-8-4-5-9-15(13)21-10-12-6-2-1-3-7-12/h1-9,14,16,18H,10-11H2,(H,19,20)/t14-,16?/m0/s1. The molecule has 0 amide bonds. The molecule has 0 spiro atoms. The summed E-state index contributed by atoms with van der Waals surface area (Å²) in [5, 5.41) is 12.2. The summed E-state index contributed by atoms with van der Waals surface area (Å²) >= 11 is 1.60. The maximum atomic E-state index is 11.1. The number of aliphatic carboxylic acids is 1. The van der Waals surface area contributed by atoms with E-state index in [4.69, 9.17) is 9.84 Å². The lowest BCUT2D eigenvalue weighted by Crippen LogP contribution is -2.33. The van der Waals surface area contributed by atoms with E-state index < -0.39 is 12.0 Å². The van der Waals surface area contributed by atoms with Crippen LogP contribution in [0.15, 0.2) is 54.6 Å². The van der Waals surface area contributed by atoms with Gasteiger partial charge in [-0.15, -0.1) is 11.8 Å². The van der Waals surface area contributed by atoms with Crippen molar-refractivity contribution in [1.29, 1.82) is 0 Å². The van der Waals surface area contributed by atoms with Crippen molar-refractivity contribution < 1.29 is 14.6 Å². The van der Waals surface area contributed by atoms with Gasteiger partial charge in [0.2, 0.25) is 0 Å². The molecule has 3 rings (SSSR count). The maximum Gasteiger partial charge on any atom is 0.321 e. The average Bonchev–Trinajstić information content (AvgIpc) is 3.04. The lowest BCUT2D eigenvalue weighted by Gasteiger charge is -2.16. The van der Waals surface area contributed by atoms with Gasteiger partial charge >= 0.3 is 5.97 Å². The fourth-order valence-electron chi connectivity index (χ4n) is 2.36. The van der Waals surface area contributed by atoms with Gasteiger partial charge < -0.3 is 9.84 Å². The minimum Gasteiger partial charge on any atom is -0.489 e. The Morgan fingerprint density at radius 2 is 1.91 bits per heavy atom. The van der Waals surface area contributed by atoms with Crippen LogP contribution in [0.25, 0.3) is 0 Å². The highest BCUT2D eigenvalue weighted by molar-refractivity contribution is 7.99. The molecule has 1 saturated heterocycles. The van der Waals surface area contributed by atoms with E-state index in [1.165, 1.54) is 0 Å². The van der Waals surface area contributed by atoms with E-state index in [1.807, 2.05) is 54.6 Å². The zero-order chi connectivity index (χ0) is 15.4. The van der Waals surface area contributed by atoms with Crippen LogP contribution < -0.4 is 10.1 Å². The number of rotatable bonds is 5. The smallest absolute Gasteiger partial charge is 0.321 e. The van der Waals surface area contributed by atoms with E-state index in [0.717, 1.165) is 16.9 Å². The first kappa shape index (κ1) is 14.9. The Kier molecular flexibility index (Phi) is 4.65. The van der Waals surface area contributed by atoms with Crippen LogP contribution >= 0.6 is 11.8 Å². The van der Waals surface area contributed by atoms with Gasteiger partial charge in [-0.3, -0.25) is 10.1 Å². The van der Waals surface area contributed by atoms with Crippen LogP contribution in [-0.4, -0.2) is 22.9 Å². The Balaban J connectivity index is 1.72. The third kappa shape index (κ3) is 3.43. The van der Waals surface area contributed by atoms with Crippen LogP contribution in [0, 0.1) is 0 Å². The Morgan fingerprint density at radius 3 is 2.64 bits per heavy atom. The second-order valence-corrected chi connectivity index (χ2v) is 6.22. The van der Waals surface area contributed by atoms with E-state index in [0.29, 0.717) is 12.4 Å². The van der Waals surface area contributed by atoms with Crippen LogP contribution in [0.4, 0.5) is 0 Å². The molecule has 1 fully saturated rings. The number of ether oxygens (including phenoxy) is 1. The summed E-state index contributed by atoms with van der Waals surface area (Å²) in [6, 6.07) is 17.3. The van der Waals surface area contributed by atoms with Gasteiger partial charge in [-0.05, 0) is 11.6 Å². The number of benzene rings is 2. The molecule has 2 atom stereocenters. The van der Waals surface area contributed by atoms with Gasteiger partial charge in [-0.25, -0.2) is 0 Å². The topological polar surface area (TPSA) is 58.6 Å². The van der Waals surface area contributed by atoms with Gasteiger partial charge in [-0.1, -0.05) is 48.5 Å². The molecule has 1 aliphatic heterocycles. The Morgan fingerprint density at radius 1 is 1.18 bits per heavy atom. The number of carbonyl (C=O) groups is 1. The number of nitrogens with one attached hydrogen (secondary N) is 1. The maximum absolute atomic E-state index is 11.1. The van der Waals surface area contributed by atoms with Crippen molar-refractivity contribution in [2.24, 2.45) is 0 Å². The molecular formula is C17H17NO3S. The summed E-state index contributed by atoms with van der Waals surface area (Å²) < 4.78 is 5.93. The minimum absolute atomic E-state index is 0.0481. The van der Waals surface area contributed by atoms with Gasteiger partial charge in [-0.2, -0.15) is 0 Å². The number of hydrogen-bond donors (Lipinski definition) is 2. The van der Waals surface area contributed by atoms with Gasteiger partial charge in [0, 0.05) is 11.3 Å². The van der Waals surface area contributed by atoms with Gasteiger partial charge in [0.05, 0.1) is 5.37 Å². The predicted octanol–water partition coefficient (Wildman–Crippen LogP) is 3.05. The summed E-state index contributed by atoms with van der Waals surface area (Å²) in [6.07, 6.45) is 0. The first-order valence-electron chi connectivity index (χ1n) is 7.10. The largest absolute Gasteiger partial charge is 0.489 e. The van der Waals surface area contributed by atoms with Crippen LogP contribution in [0.1, 0.15) is 16.5 Å². The summed E-state index contributed by atoms with van der Waals surface area (Å²) in [7, 11) is 0. The van der Waals surface area contributed by atoms with Crippen molar-refractivity contribution in [3.05, 3.63) is 65.7 Å². The summed E-state index contributed by atoms with van der Waals surface area (Å²) in [5.74, 6) is 0.549. The van der Waals surface area contributed by atoms with Crippen LogP contribution in [0.2, 0.25) is 0 Å². The molecule has 1 aliphatic rings. The third-order valence-corrected chi connectivity index (χ3v) is 4.77. The molecule has 4 nitrogen and oxygen atoms in total. The van der Waals surface area contributed by atoms with Gasteiger partial charge in [0.25, 0.3) is 0 Å². The van der Waals surface area contributed by atoms with E-state index in [2.05, 4.69) is 5.32 Å². The van der Waals surface area contributed by atoms with E-state index in [-0.39, 0.29) is 5.37 Å². The Hall–Kier alpha value is -1.98. The fraction of sp³-hybridized carbons (Fsp3) is 0.235. The summed E-state index contributed by atoms with van der Waals surface area (Å²) in [5.41, 5.74) is 2.10. The molecule has 0 radical (unpaired) electrons. The van der Waals surface area contributed by atoms with Crippen molar-refractivity contribution in [2.45, 2.75) is 18.0 Å². The molecule has 1 unspecified atom stereocenters. The monoisotopic (exact) mass is 315 g/mol. The highest BCUT2D eigenvalue weighted by Gasteiger charge is 2.31. The number of carboxylic acids is 1. The fourth-order valence-corrected chi connectivity index (χ4v) is 3.62. The average molecular weight is 315 g/mol. The molecule has 0 bridgehead atoms. The molecule has 0 saturated carbocycles. The Labute approximate surface area is 133 Å². The first-order chi connectivity index (χ1) is 10.7. The Bertz CT molecular complexity index is 647. The normalized spacial score (nSPS) is 20.7. The molecule has 22 heavy (non-hydrogen) atoms.